The topological polar surface area (TPSA) is 215 Å². The van der Waals surface area contributed by atoms with Gasteiger partial charge in [0.25, 0.3) is 5.91 Å². The summed E-state index contributed by atoms with van der Waals surface area (Å²) in [6.07, 6.45) is -0.785. The van der Waals surface area contributed by atoms with Crippen LogP contribution in [0.1, 0.15) is 77.8 Å². The van der Waals surface area contributed by atoms with E-state index in [-0.39, 0.29) is 47.8 Å². The average Bonchev–Trinajstić information content (AvgIpc) is 4.03. The van der Waals surface area contributed by atoms with Gasteiger partial charge in [0.1, 0.15) is 23.7 Å². The molecule has 3 fully saturated rings. The number of sulfonamides is 1. The third-order valence-corrected chi connectivity index (χ3v) is 13.7. The maximum Gasteiger partial charge on any atom is 0.438 e. The zero-order valence-corrected chi connectivity index (χ0v) is 33.0. The lowest BCUT2D eigenvalue weighted by Gasteiger charge is -2.33. The highest BCUT2D eigenvalue weighted by Crippen LogP contribution is 2.48. The summed E-state index contributed by atoms with van der Waals surface area (Å²) in [5.74, 6) is -4.18. The Bertz CT molecular complexity index is 2080. The molecule has 7 atom stereocenters. The number of nitrogens with one attached hydrogen (secondary N) is 3. The van der Waals surface area contributed by atoms with Crippen LogP contribution in [0.2, 0.25) is 0 Å². The minimum Gasteiger partial charge on any atom is -0.493 e. The standard InChI is InChI=1S/C37H47F3N6O10S/c1-6-20-13-19(2)9-7-8-10-21-17-36(21,33(49)45-57(52,53)35(3)11-12-35)44-30(47)25-14-22(18-46(25)32(48)28(20)43-34(50)51)56-27-16-24-23(15-26(27)54-4)41-29(37(38,39)40)31(42-24)55-5/h8,10,15-16,19-22,25,28,43H,6-7,9,11-14,17-18H2,1-5H3,(H,44,47)(H,45,49)(H,50,51)/b10-8-/t19-,20-,21?,22-,25+,28+,36-/m1/s1. The molecule has 1 aromatic carbocycles. The molecule has 20 heteroatoms. The maximum atomic E-state index is 14.6. The Labute approximate surface area is 327 Å². The molecule has 2 aromatic rings. The average molecular weight is 825 g/mol. The van der Waals surface area contributed by atoms with Gasteiger partial charge in [0.15, 0.2) is 11.5 Å². The van der Waals surface area contributed by atoms with Crippen LogP contribution in [0.5, 0.6) is 17.4 Å². The minimum atomic E-state index is -4.87. The highest BCUT2D eigenvalue weighted by Gasteiger charge is 2.63. The lowest BCUT2D eigenvalue weighted by Crippen LogP contribution is -2.59. The van der Waals surface area contributed by atoms with Crippen LogP contribution in [0.3, 0.4) is 0 Å². The van der Waals surface area contributed by atoms with Gasteiger partial charge in [0.2, 0.25) is 33.4 Å². The molecule has 2 saturated carbocycles. The molecule has 57 heavy (non-hydrogen) atoms. The van der Waals surface area contributed by atoms with Crippen molar-refractivity contribution in [3.8, 4) is 17.4 Å². The lowest BCUT2D eigenvalue weighted by atomic mass is 9.85. The summed E-state index contributed by atoms with van der Waals surface area (Å²) in [6.45, 7) is 5.10. The number of carbonyl (C=O) groups is 4. The van der Waals surface area contributed by atoms with E-state index in [0.717, 1.165) is 7.11 Å². The number of hydrogen-bond donors (Lipinski definition) is 4. The second-order valence-electron chi connectivity index (χ2n) is 15.7. The summed E-state index contributed by atoms with van der Waals surface area (Å²) in [6, 6.07) is -0.112. The van der Waals surface area contributed by atoms with Crippen molar-refractivity contribution in [2.75, 3.05) is 20.8 Å². The van der Waals surface area contributed by atoms with E-state index in [1.807, 2.05) is 19.9 Å². The van der Waals surface area contributed by atoms with E-state index in [9.17, 15) is 45.9 Å². The summed E-state index contributed by atoms with van der Waals surface area (Å²) >= 11 is 0. The van der Waals surface area contributed by atoms with Gasteiger partial charge in [0.05, 0.1) is 36.5 Å². The van der Waals surface area contributed by atoms with E-state index in [1.165, 1.54) is 31.1 Å². The highest BCUT2D eigenvalue weighted by atomic mass is 32.2. The van der Waals surface area contributed by atoms with Gasteiger partial charge in [0, 0.05) is 24.5 Å². The molecule has 0 radical (unpaired) electrons. The number of benzene rings is 1. The van der Waals surface area contributed by atoms with Crippen molar-refractivity contribution in [1.29, 1.82) is 0 Å². The fraction of sp³-hybridized carbons (Fsp3) is 0.622. The molecule has 4 aliphatic rings. The molecule has 1 saturated heterocycles. The van der Waals surface area contributed by atoms with E-state index in [0.29, 0.717) is 38.5 Å². The van der Waals surface area contributed by atoms with E-state index in [4.69, 9.17) is 14.2 Å². The molecule has 6 rings (SSSR count). The molecule has 1 aromatic heterocycles. The third kappa shape index (κ3) is 8.41. The van der Waals surface area contributed by atoms with Gasteiger partial charge in [-0.15, -0.1) is 0 Å². The first-order chi connectivity index (χ1) is 26.8. The number of carboxylic acid groups (broad SMARTS) is 1. The van der Waals surface area contributed by atoms with Gasteiger partial charge in [-0.1, -0.05) is 32.4 Å². The smallest absolute Gasteiger partial charge is 0.438 e. The van der Waals surface area contributed by atoms with Crippen LogP contribution in [-0.2, 0) is 30.6 Å². The van der Waals surface area contributed by atoms with Crippen LogP contribution in [0, 0.1) is 17.8 Å². The summed E-state index contributed by atoms with van der Waals surface area (Å²) < 4.78 is 85.0. The second-order valence-corrected chi connectivity index (χ2v) is 17.8. The Balaban J connectivity index is 1.37. The van der Waals surface area contributed by atoms with E-state index >= 15 is 0 Å². The molecule has 0 spiro atoms. The fourth-order valence-electron chi connectivity index (χ4n) is 7.75. The Morgan fingerprint density at radius 1 is 1.09 bits per heavy atom. The number of ether oxygens (including phenoxy) is 3. The number of rotatable bonds is 9. The quantitative estimate of drug-likeness (QED) is 0.265. The highest BCUT2D eigenvalue weighted by molar-refractivity contribution is 7.91. The van der Waals surface area contributed by atoms with Crippen LogP contribution >= 0.6 is 0 Å². The van der Waals surface area contributed by atoms with Crippen LogP contribution in [-0.4, -0.2) is 101 Å². The van der Waals surface area contributed by atoms with Gasteiger partial charge in [-0.3, -0.25) is 19.1 Å². The number of alkyl halides is 3. The predicted molar refractivity (Wildman–Crippen MR) is 197 cm³/mol. The summed E-state index contributed by atoms with van der Waals surface area (Å²) in [7, 11) is -1.80. The Hall–Kier alpha value is -4.88. The Morgan fingerprint density at radius 2 is 1.77 bits per heavy atom. The lowest BCUT2D eigenvalue weighted by molar-refractivity contribution is -0.142. The van der Waals surface area contributed by atoms with Crippen LogP contribution in [0.4, 0.5) is 18.0 Å². The number of allylic oxidation sites excluding steroid dienone is 1. The van der Waals surface area contributed by atoms with Crippen molar-refractivity contribution in [3.63, 3.8) is 0 Å². The predicted octanol–water partition coefficient (Wildman–Crippen LogP) is 3.93. The normalized spacial score (nSPS) is 29.4. The number of methoxy groups -OCH3 is 2. The third-order valence-electron chi connectivity index (χ3n) is 11.6. The van der Waals surface area contributed by atoms with Crippen molar-refractivity contribution >= 4 is 44.9 Å². The molecule has 4 amide bonds. The number of nitrogens with zero attached hydrogens (tertiary/aromatic N) is 3. The van der Waals surface area contributed by atoms with Crippen LogP contribution in [0.15, 0.2) is 24.3 Å². The van der Waals surface area contributed by atoms with Gasteiger partial charge in [-0.05, 0) is 57.3 Å². The van der Waals surface area contributed by atoms with Crippen molar-refractivity contribution < 1.29 is 60.1 Å². The zero-order chi connectivity index (χ0) is 41.7. The first-order valence-corrected chi connectivity index (χ1v) is 20.3. The number of aromatic nitrogens is 2. The molecule has 16 nitrogen and oxygen atoms in total. The number of carbonyl (C=O) groups excluding carboxylic acids is 3. The van der Waals surface area contributed by atoms with Gasteiger partial charge < -0.3 is 34.9 Å². The SMILES string of the molecule is CC[C@@H]1C[C@H](C)CC/C=C\C2C[C@@]2(C(=O)NS(=O)(=O)C2(C)CC2)NC(=O)[C@@H]2C[C@@H](Oc3cc4nc(OC)c(C(F)(F)F)nc4cc3OC)CN2C(=O)[C@H]1NC(=O)O. The van der Waals surface area contributed by atoms with Gasteiger partial charge in [-0.25, -0.2) is 23.2 Å². The van der Waals surface area contributed by atoms with Crippen molar-refractivity contribution in [1.82, 2.24) is 30.2 Å². The van der Waals surface area contributed by atoms with Crippen LogP contribution < -0.4 is 29.6 Å². The monoisotopic (exact) mass is 824 g/mol. The minimum absolute atomic E-state index is 0.01000. The molecule has 3 heterocycles. The molecule has 1 unspecified atom stereocenters. The first-order valence-electron chi connectivity index (χ1n) is 18.8. The molecule has 2 aliphatic carbocycles. The van der Waals surface area contributed by atoms with E-state index in [2.05, 4.69) is 25.3 Å². The van der Waals surface area contributed by atoms with Crippen LogP contribution in [0.25, 0.3) is 11.0 Å². The van der Waals surface area contributed by atoms with Crippen molar-refractivity contribution in [3.05, 3.63) is 30.0 Å². The first kappa shape index (κ1) is 41.7. The van der Waals surface area contributed by atoms with Gasteiger partial charge >= 0.3 is 12.3 Å². The second kappa shape index (κ2) is 15.5. The number of hydrogen-bond acceptors (Lipinski definition) is 11. The molecular formula is C37H47F3N6O10S. The largest absolute Gasteiger partial charge is 0.493 e. The Kier molecular flexibility index (Phi) is 11.3. The molecule has 312 valence electrons. The summed E-state index contributed by atoms with van der Waals surface area (Å²) in [4.78, 5) is 63.8. The zero-order valence-electron chi connectivity index (χ0n) is 32.1. The summed E-state index contributed by atoms with van der Waals surface area (Å²) in [5, 5.41) is 15.0. The van der Waals surface area contributed by atoms with Crippen molar-refractivity contribution in [2.45, 2.75) is 107 Å². The van der Waals surface area contributed by atoms with E-state index in [1.54, 1.807) is 6.08 Å². The van der Waals surface area contributed by atoms with E-state index < -0.39 is 91.9 Å². The maximum absolute atomic E-state index is 14.6. The molecular weight excluding hydrogens is 778 g/mol. The number of amides is 4. The fourth-order valence-corrected chi connectivity index (χ4v) is 9.07. The summed E-state index contributed by atoms with van der Waals surface area (Å²) in [5.41, 5.74) is -3.22. The molecule has 2 aliphatic heterocycles. The number of fused-ring (bicyclic) bond motifs is 3. The van der Waals surface area contributed by atoms with Gasteiger partial charge in [-0.2, -0.15) is 13.2 Å². The van der Waals surface area contributed by atoms with Crippen molar-refractivity contribution in [2.24, 2.45) is 17.8 Å². The Morgan fingerprint density at radius 3 is 2.39 bits per heavy atom. The number of halogens is 3. The molecule has 0 bridgehead atoms. The molecule has 4 N–H and O–H groups in total.